The fourth-order valence-electron chi connectivity index (χ4n) is 12.1. The van der Waals surface area contributed by atoms with E-state index < -0.39 is 97.5 Å². The number of unbranched alkanes of at least 4 members (excludes halogenated alkanes) is 50. The van der Waals surface area contributed by atoms with Crippen LogP contribution in [0.1, 0.15) is 413 Å². The molecule has 17 nitrogen and oxygen atoms in total. The van der Waals surface area contributed by atoms with Gasteiger partial charge in [-0.3, -0.25) is 37.3 Å². The van der Waals surface area contributed by atoms with Crippen LogP contribution in [0.5, 0.6) is 0 Å². The van der Waals surface area contributed by atoms with Crippen molar-refractivity contribution in [2.45, 2.75) is 432 Å². The van der Waals surface area contributed by atoms with Crippen LogP contribution in [-0.4, -0.2) is 96.7 Å². The fourth-order valence-corrected chi connectivity index (χ4v) is 13.6. The molecule has 2 unspecified atom stereocenters. The third kappa shape index (κ3) is 72.2. The maximum atomic E-state index is 13.1. The van der Waals surface area contributed by atoms with E-state index in [4.69, 9.17) is 37.0 Å². The topological polar surface area (TPSA) is 237 Å². The molecule has 0 aromatic carbocycles. The summed E-state index contributed by atoms with van der Waals surface area (Å²) in [6, 6.07) is 0. The molecule has 97 heavy (non-hydrogen) atoms. The Morgan fingerprint density at radius 1 is 0.278 bits per heavy atom. The van der Waals surface area contributed by atoms with Gasteiger partial charge in [0.05, 0.1) is 26.4 Å². The molecule has 0 aliphatic heterocycles. The number of ether oxygens (including phenoxy) is 4. The van der Waals surface area contributed by atoms with Crippen molar-refractivity contribution < 1.29 is 80.2 Å². The Morgan fingerprint density at radius 3 is 0.701 bits per heavy atom. The van der Waals surface area contributed by atoms with E-state index in [0.717, 1.165) is 102 Å². The summed E-state index contributed by atoms with van der Waals surface area (Å²) in [7, 11) is -9.90. The van der Waals surface area contributed by atoms with Gasteiger partial charge in [0.15, 0.2) is 12.2 Å². The fraction of sp³-hybridized carbons (Fsp3) is 0.949. The summed E-state index contributed by atoms with van der Waals surface area (Å²) in [6.45, 7) is 7.23. The number of aliphatic hydroxyl groups is 1. The van der Waals surface area contributed by atoms with Gasteiger partial charge in [-0.15, -0.1) is 0 Å². The highest BCUT2D eigenvalue weighted by Crippen LogP contribution is 2.45. The molecule has 0 fully saturated rings. The highest BCUT2D eigenvalue weighted by Gasteiger charge is 2.30. The lowest BCUT2D eigenvalue weighted by Gasteiger charge is -2.21. The van der Waals surface area contributed by atoms with Gasteiger partial charge in [0, 0.05) is 25.7 Å². The first kappa shape index (κ1) is 95.1. The summed E-state index contributed by atoms with van der Waals surface area (Å²) in [5.74, 6) is -1.35. The van der Waals surface area contributed by atoms with E-state index in [9.17, 15) is 43.2 Å². The van der Waals surface area contributed by atoms with Crippen LogP contribution in [0.3, 0.4) is 0 Å². The highest BCUT2D eigenvalue weighted by atomic mass is 31.2. The molecular weight excluding hydrogens is 1270 g/mol. The van der Waals surface area contributed by atoms with Crippen molar-refractivity contribution in [1.29, 1.82) is 0 Å². The molecule has 0 heterocycles. The van der Waals surface area contributed by atoms with Crippen molar-refractivity contribution >= 4 is 39.5 Å². The first-order valence-electron chi connectivity index (χ1n) is 40.6. The zero-order chi connectivity index (χ0) is 71.2. The van der Waals surface area contributed by atoms with Crippen molar-refractivity contribution in [1.82, 2.24) is 0 Å². The van der Waals surface area contributed by atoms with E-state index in [1.165, 1.54) is 231 Å². The molecule has 0 aliphatic carbocycles. The number of hydrogen-bond donors (Lipinski definition) is 3. The van der Waals surface area contributed by atoms with E-state index in [1.807, 2.05) is 0 Å². The van der Waals surface area contributed by atoms with Crippen LogP contribution in [0.25, 0.3) is 0 Å². The average molecular weight is 1420 g/mol. The molecule has 0 spiro atoms. The van der Waals surface area contributed by atoms with E-state index in [1.54, 1.807) is 0 Å². The van der Waals surface area contributed by atoms with Crippen molar-refractivity contribution in [3.05, 3.63) is 0 Å². The summed E-state index contributed by atoms with van der Waals surface area (Å²) in [6.07, 6.45) is 61.6. The smallest absolute Gasteiger partial charge is 0.462 e. The Labute approximate surface area is 594 Å². The Hall–Kier alpha value is -1.94. The predicted octanol–water partition coefficient (Wildman–Crippen LogP) is 23.3. The van der Waals surface area contributed by atoms with Gasteiger partial charge >= 0.3 is 39.5 Å². The molecule has 0 saturated carbocycles. The number of phosphoric acid groups is 2. The van der Waals surface area contributed by atoms with Gasteiger partial charge in [-0.05, 0) is 31.6 Å². The van der Waals surface area contributed by atoms with Crippen LogP contribution in [0.4, 0.5) is 0 Å². The van der Waals surface area contributed by atoms with Crippen LogP contribution in [0.15, 0.2) is 0 Å². The van der Waals surface area contributed by atoms with E-state index in [2.05, 4.69) is 34.6 Å². The minimum absolute atomic E-state index is 0.106. The van der Waals surface area contributed by atoms with E-state index >= 15 is 0 Å². The minimum atomic E-state index is -4.96. The Morgan fingerprint density at radius 2 is 0.474 bits per heavy atom. The largest absolute Gasteiger partial charge is 0.472 e. The summed E-state index contributed by atoms with van der Waals surface area (Å²) in [5, 5.41) is 10.6. The second kappa shape index (κ2) is 71.1. The summed E-state index contributed by atoms with van der Waals surface area (Å²) >= 11 is 0. The molecule has 0 rings (SSSR count). The summed E-state index contributed by atoms with van der Waals surface area (Å²) < 4.78 is 68.4. The van der Waals surface area contributed by atoms with Crippen LogP contribution >= 0.6 is 15.6 Å². The molecule has 0 radical (unpaired) electrons. The Kier molecular flexibility index (Phi) is 69.6. The number of rotatable bonds is 78. The lowest BCUT2D eigenvalue weighted by atomic mass is 10.0. The second-order valence-corrected chi connectivity index (χ2v) is 31.5. The molecule has 0 saturated heterocycles. The zero-order valence-corrected chi connectivity index (χ0v) is 65.0. The molecule has 576 valence electrons. The third-order valence-corrected chi connectivity index (χ3v) is 20.2. The van der Waals surface area contributed by atoms with Gasteiger partial charge in [0.2, 0.25) is 0 Å². The van der Waals surface area contributed by atoms with E-state index in [0.29, 0.717) is 25.7 Å². The molecule has 0 aliphatic rings. The van der Waals surface area contributed by atoms with Crippen LogP contribution < -0.4 is 0 Å². The lowest BCUT2D eigenvalue weighted by molar-refractivity contribution is -0.161. The number of hydrogen-bond acceptors (Lipinski definition) is 15. The summed E-state index contributed by atoms with van der Waals surface area (Å²) in [4.78, 5) is 72.6. The summed E-state index contributed by atoms with van der Waals surface area (Å²) in [5.41, 5.74) is 0. The van der Waals surface area contributed by atoms with Crippen molar-refractivity contribution in [2.75, 3.05) is 39.6 Å². The monoisotopic (exact) mass is 1420 g/mol. The molecule has 19 heteroatoms. The van der Waals surface area contributed by atoms with Crippen molar-refractivity contribution in [2.24, 2.45) is 5.92 Å². The second-order valence-electron chi connectivity index (χ2n) is 28.6. The number of phosphoric ester groups is 2. The van der Waals surface area contributed by atoms with Crippen molar-refractivity contribution in [3.8, 4) is 0 Å². The number of carbonyl (C=O) groups is 4. The normalized spacial score (nSPS) is 13.9. The number of aliphatic hydroxyl groups excluding tert-OH is 1. The van der Waals surface area contributed by atoms with Gasteiger partial charge in [-0.1, -0.05) is 362 Å². The first-order valence-corrected chi connectivity index (χ1v) is 43.6. The Bertz CT molecular complexity index is 1860. The predicted molar refractivity (Wildman–Crippen MR) is 395 cm³/mol. The maximum Gasteiger partial charge on any atom is 0.472 e. The SMILES string of the molecule is CCCCCCCCCCCCCCCCCCCCCCCC(=O)O[C@H](COC(=O)CCCCCCCCCCCCCCCCCC)COP(=O)(O)OC[C@@H](O)COP(=O)(O)OC[C@@H](COC(=O)CCCCCCC)OC(=O)CCCCCCCCCCCCCCC(C)C. The first-order chi connectivity index (χ1) is 47.0. The molecule has 0 bridgehead atoms. The standard InChI is InChI=1S/C78H152O17P2/c1-6-9-12-15-17-19-21-23-25-27-28-29-30-31-33-35-40-44-48-53-58-64-78(83)95-74(68-89-76(81)62-57-52-47-43-39-34-32-26-24-22-20-18-16-13-10-7-2)70-93-97(86,87)91-66-72(79)65-90-96(84,85)92-69-73(67-88-75(80)61-56-50-14-11-8-3)94-77(82)63-59-54-49-45-41-37-36-38-42-46-51-55-60-71(4)5/h71-74,79H,6-70H2,1-5H3,(H,84,85)(H,86,87)/t72-,73+,74+/m0/s1. The maximum absolute atomic E-state index is 13.1. The average Bonchev–Trinajstić information content (AvgIpc) is 1.69. The zero-order valence-electron chi connectivity index (χ0n) is 63.2. The third-order valence-electron chi connectivity index (χ3n) is 18.3. The molecule has 0 aromatic rings. The molecular formula is C78H152O17P2. The minimum Gasteiger partial charge on any atom is -0.462 e. The molecule has 3 N–H and O–H groups in total. The van der Waals surface area contributed by atoms with Gasteiger partial charge in [-0.25, -0.2) is 9.13 Å². The van der Waals surface area contributed by atoms with Crippen LogP contribution in [0, 0.1) is 5.92 Å². The van der Waals surface area contributed by atoms with Gasteiger partial charge < -0.3 is 33.8 Å². The quantitative estimate of drug-likeness (QED) is 0.0222. The van der Waals surface area contributed by atoms with Gasteiger partial charge in [0.1, 0.15) is 19.3 Å². The lowest BCUT2D eigenvalue weighted by Crippen LogP contribution is -2.30. The Balaban J connectivity index is 5.12. The van der Waals surface area contributed by atoms with Gasteiger partial charge in [0.25, 0.3) is 0 Å². The number of esters is 4. The van der Waals surface area contributed by atoms with Gasteiger partial charge in [-0.2, -0.15) is 0 Å². The highest BCUT2D eigenvalue weighted by molar-refractivity contribution is 7.47. The van der Waals surface area contributed by atoms with Crippen LogP contribution in [0.2, 0.25) is 0 Å². The molecule has 0 amide bonds. The van der Waals surface area contributed by atoms with Crippen molar-refractivity contribution in [3.63, 3.8) is 0 Å². The number of carbonyl (C=O) groups excluding carboxylic acids is 4. The molecule has 5 atom stereocenters. The van der Waals surface area contributed by atoms with Crippen LogP contribution in [-0.2, 0) is 65.4 Å². The van der Waals surface area contributed by atoms with E-state index in [-0.39, 0.29) is 25.7 Å². The molecule has 0 aromatic heterocycles.